The van der Waals surface area contributed by atoms with Gasteiger partial charge in [0.1, 0.15) is 0 Å². The lowest BCUT2D eigenvalue weighted by atomic mass is 9.91. The third-order valence-electron chi connectivity index (χ3n) is 7.09. The van der Waals surface area contributed by atoms with Crippen LogP contribution in [0.5, 0.6) is 0 Å². The molecule has 1 atom stereocenters. The smallest absolute Gasteiger partial charge is 0.322 e. The van der Waals surface area contributed by atoms with E-state index in [2.05, 4.69) is 30.4 Å². The van der Waals surface area contributed by atoms with E-state index in [1.54, 1.807) is 0 Å². The zero-order valence-corrected chi connectivity index (χ0v) is 17.8. The summed E-state index contributed by atoms with van der Waals surface area (Å²) in [5, 5.41) is 3.24. The fourth-order valence-electron chi connectivity index (χ4n) is 4.97. The monoisotopic (exact) mass is 403 g/mol. The van der Waals surface area contributed by atoms with Crippen LogP contribution >= 0.6 is 0 Å². The van der Waals surface area contributed by atoms with Crippen molar-refractivity contribution in [1.82, 2.24) is 10.2 Å². The van der Waals surface area contributed by atoms with E-state index < -0.39 is 0 Å². The number of hydrogen-bond acceptors (Lipinski definition) is 2. The highest BCUT2D eigenvalue weighted by molar-refractivity contribution is 5.95. The third kappa shape index (κ3) is 3.26. The molecule has 3 aliphatic rings. The first-order chi connectivity index (χ1) is 14.5. The molecule has 5 nitrogen and oxygen atoms in total. The number of fused-ring (bicyclic) bond motifs is 2. The number of nitrogens with zero attached hydrogens (tertiary/aromatic N) is 2. The highest BCUT2D eigenvalue weighted by Gasteiger charge is 2.31. The van der Waals surface area contributed by atoms with Crippen LogP contribution in [0.4, 0.5) is 10.5 Å². The van der Waals surface area contributed by atoms with Crippen molar-refractivity contribution in [3.63, 3.8) is 0 Å². The maximum atomic E-state index is 13.0. The van der Waals surface area contributed by atoms with Crippen LogP contribution in [-0.4, -0.2) is 36.5 Å². The molecule has 0 bridgehead atoms. The van der Waals surface area contributed by atoms with Gasteiger partial charge in [0.15, 0.2) is 0 Å². The Morgan fingerprint density at radius 2 is 1.87 bits per heavy atom. The van der Waals surface area contributed by atoms with E-state index in [1.807, 2.05) is 35.0 Å². The summed E-state index contributed by atoms with van der Waals surface area (Å²) in [5.74, 6) is 0.110. The standard InChI is InChI=1S/C25H29N3O2/c1-16-6-7-17-12-13-28(23(17)14-16)25(30)26-22-11-9-18-15-19(8-10-21(18)22)24(29)27(2)20-4-3-5-20/h6-8,10,14-15,20,22H,3-5,9,11-13H2,1-2H3,(H,26,30)/t22-/m1/s1. The summed E-state index contributed by atoms with van der Waals surface area (Å²) in [6, 6.07) is 12.7. The number of urea groups is 1. The van der Waals surface area contributed by atoms with Crippen LogP contribution in [0.1, 0.15) is 64.3 Å². The van der Waals surface area contributed by atoms with Gasteiger partial charge in [-0.3, -0.25) is 9.69 Å². The van der Waals surface area contributed by atoms with Gasteiger partial charge >= 0.3 is 6.03 Å². The van der Waals surface area contributed by atoms with Crippen LogP contribution < -0.4 is 10.2 Å². The van der Waals surface area contributed by atoms with Crippen LogP contribution in [0.15, 0.2) is 36.4 Å². The van der Waals surface area contributed by atoms with Gasteiger partial charge in [-0.25, -0.2) is 4.79 Å². The Hall–Kier alpha value is -2.82. The highest BCUT2D eigenvalue weighted by Crippen LogP contribution is 2.34. The molecule has 5 rings (SSSR count). The van der Waals surface area contributed by atoms with Gasteiger partial charge in [-0.2, -0.15) is 0 Å². The largest absolute Gasteiger partial charge is 0.339 e. The molecule has 0 spiro atoms. The minimum Gasteiger partial charge on any atom is -0.339 e. The molecule has 30 heavy (non-hydrogen) atoms. The molecule has 0 aromatic heterocycles. The second kappa shape index (κ2) is 7.46. The van der Waals surface area contributed by atoms with Crippen molar-refractivity contribution in [3.05, 3.63) is 64.2 Å². The number of benzene rings is 2. The van der Waals surface area contributed by atoms with Gasteiger partial charge in [0.05, 0.1) is 6.04 Å². The molecule has 1 heterocycles. The van der Waals surface area contributed by atoms with Crippen LogP contribution in [-0.2, 0) is 12.8 Å². The number of nitrogens with one attached hydrogen (secondary N) is 1. The third-order valence-corrected chi connectivity index (χ3v) is 7.09. The normalized spacial score (nSPS) is 19.8. The maximum absolute atomic E-state index is 13.0. The van der Waals surface area contributed by atoms with Gasteiger partial charge in [-0.15, -0.1) is 0 Å². The summed E-state index contributed by atoms with van der Waals surface area (Å²) in [6.45, 7) is 2.79. The fourth-order valence-corrected chi connectivity index (χ4v) is 4.97. The minimum absolute atomic E-state index is 0.00914. The van der Waals surface area contributed by atoms with Crippen molar-refractivity contribution in [1.29, 1.82) is 0 Å². The fraction of sp³-hybridized carbons (Fsp3) is 0.440. The quantitative estimate of drug-likeness (QED) is 0.827. The Labute approximate surface area is 178 Å². The summed E-state index contributed by atoms with van der Waals surface area (Å²) < 4.78 is 0. The Balaban J connectivity index is 1.29. The predicted octanol–water partition coefficient (Wildman–Crippen LogP) is 4.38. The zero-order valence-electron chi connectivity index (χ0n) is 17.8. The molecule has 5 heteroatoms. The molecule has 1 fully saturated rings. The van der Waals surface area contributed by atoms with Crippen molar-refractivity contribution >= 4 is 17.6 Å². The maximum Gasteiger partial charge on any atom is 0.322 e. The van der Waals surface area contributed by atoms with Crippen LogP contribution in [0.25, 0.3) is 0 Å². The number of anilines is 1. The van der Waals surface area contributed by atoms with E-state index >= 15 is 0 Å². The second-order valence-corrected chi connectivity index (χ2v) is 8.99. The summed E-state index contributed by atoms with van der Waals surface area (Å²) in [4.78, 5) is 29.6. The van der Waals surface area contributed by atoms with E-state index in [-0.39, 0.29) is 18.0 Å². The first-order valence-electron chi connectivity index (χ1n) is 11.1. The first-order valence-corrected chi connectivity index (χ1v) is 11.1. The number of hydrogen-bond donors (Lipinski definition) is 1. The van der Waals surface area contributed by atoms with E-state index in [0.29, 0.717) is 6.04 Å². The minimum atomic E-state index is -0.0259. The van der Waals surface area contributed by atoms with Crippen molar-refractivity contribution in [2.75, 3.05) is 18.5 Å². The Bertz CT molecular complexity index is 1010. The van der Waals surface area contributed by atoms with Crippen LogP contribution in [0.2, 0.25) is 0 Å². The molecule has 0 saturated heterocycles. The second-order valence-electron chi connectivity index (χ2n) is 8.99. The Kier molecular flexibility index (Phi) is 4.76. The number of rotatable bonds is 3. The van der Waals surface area contributed by atoms with Gasteiger partial charge in [0, 0.05) is 30.9 Å². The molecule has 0 unspecified atom stereocenters. The first kappa shape index (κ1) is 19.2. The molecular formula is C25H29N3O2. The molecule has 2 aromatic carbocycles. The van der Waals surface area contributed by atoms with E-state index in [9.17, 15) is 9.59 Å². The van der Waals surface area contributed by atoms with Crippen molar-refractivity contribution in [2.24, 2.45) is 0 Å². The lowest BCUT2D eigenvalue weighted by Crippen LogP contribution is -2.41. The predicted molar refractivity (Wildman–Crippen MR) is 118 cm³/mol. The van der Waals surface area contributed by atoms with E-state index in [4.69, 9.17) is 0 Å². The van der Waals surface area contributed by atoms with Gasteiger partial charge < -0.3 is 10.2 Å². The average molecular weight is 404 g/mol. The van der Waals surface area contributed by atoms with Crippen molar-refractivity contribution in [2.45, 2.75) is 57.5 Å². The van der Waals surface area contributed by atoms with Gasteiger partial charge in [0.25, 0.3) is 5.91 Å². The Morgan fingerprint density at radius 1 is 1.03 bits per heavy atom. The number of carbonyl (C=O) groups is 2. The summed E-state index contributed by atoms with van der Waals surface area (Å²) in [6.07, 6.45) is 6.12. The van der Waals surface area contributed by atoms with E-state index in [0.717, 1.165) is 55.5 Å². The van der Waals surface area contributed by atoms with Crippen molar-refractivity contribution < 1.29 is 9.59 Å². The molecule has 1 N–H and O–H groups in total. The molecule has 156 valence electrons. The summed E-state index contributed by atoms with van der Waals surface area (Å²) in [7, 11) is 1.91. The molecule has 0 radical (unpaired) electrons. The Morgan fingerprint density at radius 3 is 2.63 bits per heavy atom. The van der Waals surface area contributed by atoms with Crippen LogP contribution in [0, 0.1) is 6.92 Å². The van der Waals surface area contributed by atoms with Gasteiger partial charge in [0.2, 0.25) is 0 Å². The topological polar surface area (TPSA) is 52.7 Å². The van der Waals surface area contributed by atoms with Gasteiger partial charge in [-0.1, -0.05) is 18.2 Å². The average Bonchev–Trinajstić information content (AvgIpc) is 3.29. The molecule has 2 aliphatic carbocycles. The zero-order chi connectivity index (χ0) is 20.8. The number of amides is 3. The molecule has 3 amide bonds. The SMILES string of the molecule is Cc1ccc2c(c1)N(C(=O)N[C@@H]1CCc3cc(C(=O)N(C)C4CCC4)ccc31)CC2. The van der Waals surface area contributed by atoms with E-state index in [1.165, 1.54) is 23.1 Å². The molecule has 2 aromatic rings. The van der Waals surface area contributed by atoms with Gasteiger partial charge in [-0.05, 0) is 85.9 Å². The summed E-state index contributed by atoms with van der Waals surface area (Å²) in [5.41, 5.74) is 6.54. The lowest BCUT2D eigenvalue weighted by Gasteiger charge is -2.34. The highest BCUT2D eigenvalue weighted by atomic mass is 16.2. The summed E-state index contributed by atoms with van der Waals surface area (Å²) >= 11 is 0. The number of carbonyl (C=O) groups excluding carboxylic acids is 2. The van der Waals surface area contributed by atoms with Crippen LogP contribution in [0.3, 0.4) is 0 Å². The number of aryl methyl sites for hydroxylation is 2. The molecule has 1 saturated carbocycles. The van der Waals surface area contributed by atoms with Crippen molar-refractivity contribution in [3.8, 4) is 0 Å². The molecule has 1 aliphatic heterocycles. The molecular weight excluding hydrogens is 374 g/mol. The lowest BCUT2D eigenvalue weighted by molar-refractivity contribution is 0.0652.